The fraction of sp³-hybridized carbons (Fsp3) is 0.138. The van der Waals surface area contributed by atoms with Crippen LogP contribution in [0.15, 0.2) is 97.3 Å². The first-order valence-corrected chi connectivity index (χ1v) is 10.8. The van der Waals surface area contributed by atoms with E-state index in [4.69, 9.17) is 0 Å². The Morgan fingerprint density at radius 3 is 2.13 bits per heavy atom. The van der Waals surface area contributed by atoms with Crippen LogP contribution in [0.2, 0.25) is 0 Å². The van der Waals surface area contributed by atoms with Crippen molar-refractivity contribution in [1.29, 1.82) is 0 Å². The van der Waals surface area contributed by atoms with Crippen LogP contribution in [-0.4, -0.2) is 4.98 Å². The Bertz CT molecular complexity index is 1240. The second-order valence-corrected chi connectivity index (χ2v) is 7.85. The maximum Gasteiger partial charge on any atom is 0.0267 e. The van der Waals surface area contributed by atoms with Gasteiger partial charge in [-0.2, -0.15) is 0 Å². The zero-order valence-corrected chi connectivity index (χ0v) is 17.1. The second-order valence-electron chi connectivity index (χ2n) is 7.85. The van der Waals surface area contributed by atoms with Crippen LogP contribution in [0.25, 0.3) is 22.8 Å². The van der Waals surface area contributed by atoms with E-state index in [0.29, 0.717) is 0 Å². The summed E-state index contributed by atoms with van der Waals surface area (Å²) in [6.45, 7) is 0. The topological polar surface area (TPSA) is 12.9 Å². The third-order valence-electron chi connectivity index (χ3n) is 6.03. The molecule has 3 aromatic carbocycles. The maximum absolute atomic E-state index is 3.78. The number of pyridine rings is 1. The highest BCUT2D eigenvalue weighted by molar-refractivity contribution is 5.77. The number of aryl methyl sites for hydroxylation is 1. The molecule has 1 heterocycles. The van der Waals surface area contributed by atoms with Crippen molar-refractivity contribution in [3.8, 4) is 11.1 Å². The van der Waals surface area contributed by atoms with Crippen molar-refractivity contribution in [2.45, 2.75) is 25.7 Å². The van der Waals surface area contributed by atoms with Crippen molar-refractivity contribution in [1.82, 2.24) is 4.98 Å². The van der Waals surface area contributed by atoms with E-state index in [9.17, 15) is 0 Å². The molecule has 0 aliphatic heterocycles. The van der Waals surface area contributed by atoms with E-state index in [2.05, 4.69) is 77.8 Å². The lowest BCUT2D eigenvalue weighted by molar-refractivity contribution is 0.818. The maximum atomic E-state index is 3.78. The van der Waals surface area contributed by atoms with Crippen molar-refractivity contribution in [2.24, 2.45) is 0 Å². The molecule has 4 aromatic rings. The lowest BCUT2D eigenvalue weighted by Crippen LogP contribution is -2.36. The smallest absolute Gasteiger partial charge is 0.0267 e. The van der Waals surface area contributed by atoms with Crippen molar-refractivity contribution >= 4 is 11.6 Å². The number of nitrogens with zero attached hydrogens (tertiary/aromatic N) is 1. The van der Waals surface area contributed by atoms with Gasteiger partial charge in [0.2, 0.25) is 0 Å². The van der Waals surface area contributed by atoms with Crippen molar-refractivity contribution in [2.75, 3.05) is 0 Å². The van der Waals surface area contributed by atoms with Crippen molar-refractivity contribution in [3.63, 3.8) is 0 Å². The zero-order chi connectivity index (χ0) is 20.2. The molecule has 2 aliphatic carbocycles. The van der Waals surface area contributed by atoms with Crippen molar-refractivity contribution < 1.29 is 0 Å². The van der Waals surface area contributed by atoms with Gasteiger partial charge in [-0.1, -0.05) is 78.9 Å². The molecular weight excluding hydrogens is 362 g/mol. The quantitative estimate of drug-likeness (QED) is 0.431. The van der Waals surface area contributed by atoms with E-state index in [1.807, 2.05) is 18.2 Å². The minimum atomic E-state index is 1.04. The summed E-state index contributed by atoms with van der Waals surface area (Å²) in [6, 6.07) is 30.2. The number of fused-ring (bicyclic) bond motifs is 5. The SMILES string of the molecule is C1=c2c(ccc3c2=C(c2ccccc2)CCC3)-c2ccccc2C1.c1ccncc1. The molecule has 2 aliphatic rings. The first-order chi connectivity index (χ1) is 14.9. The summed E-state index contributed by atoms with van der Waals surface area (Å²) in [5.74, 6) is 0. The molecule has 0 spiro atoms. The number of hydrogen-bond donors (Lipinski definition) is 0. The molecule has 0 amide bonds. The third-order valence-corrected chi connectivity index (χ3v) is 6.03. The van der Waals surface area contributed by atoms with Crippen LogP contribution in [-0.2, 0) is 12.8 Å². The van der Waals surface area contributed by atoms with E-state index in [-0.39, 0.29) is 0 Å². The van der Waals surface area contributed by atoms with Crippen LogP contribution in [0.4, 0.5) is 0 Å². The molecule has 30 heavy (non-hydrogen) atoms. The van der Waals surface area contributed by atoms with Gasteiger partial charge in [-0.05, 0) is 81.6 Å². The molecule has 0 fully saturated rings. The highest BCUT2D eigenvalue weighted by Gasteiger charge is 2.17. The number of benzene rings is 3. The Balaban J connectivity index is 0.000000279. The van der Waals surface area contributed by atoms with Crippen LogP contribution >= 0.6 is 0 Å². The molecule has 1 aromatic heterocycles. The fourth-order valence-corrected chi connectivity index (χ4v) is 4.67. The summed E-state index contributed by atoms with van der Waals surface area (Å²) in [5.41, 5.74) is 8.71. The molecule has 0 radical (unpaired) electrons. The monoisotopic (exact) mass is 387 g/mol. The molecule has 6 rings (SSSR count). The number of hydrogen-bond acceptors (Lipinski definition) is 1. The Kier molecular flexibility index (Phi) is 5.26. The van der Waals surface area contributed by atoms with Gasteiger partial charge in [-0.15, -0.1) is 0 Å². The normalized spacial score (nSPS) is 13.7. The van der Waals surface area contributed by atoms with Crippen LogP contribution < -0.4 is 10.4 Å². The van der Waals surface area contributed by atoms with Crippen molar-refractivity contribution in [3.05, 3.63) is 124 Å². The van der Waals surface area contributed by atoms with E-state index in [1.54, 1.807) is 12.4 Å². The van der Waals surface area contributed by atoms with Crippen LogP contribution in [0.1, 0.15) is 29.5 Å². The molecular formula is C29H25N. The summed E-state index contributed by atoms with van der Waals surface area (Å²) in [7, 11) is 0. The third kappa shape index (κ3) is 3.59. The van der Waals surface area contributed by atoms with Crippen LogP contribution in [0.5, 0.6) is 0 Å². The largest absolute Gasteiger partial charge is 0.265 e. The van der Waals surface area contributed by atoms with Crippen LogP contribution in [0, 0.1) is 0 Å². The Labute approximate surface area is 178 Å². The van der Waals surface area contributed by atoms with E-state index < -0.39 is 0 Å². The van der Waals surface area contributed by atoms with Gasteiger partial charge >= 0.3 is 0 Å². The molecule has 1 heteroatoms. The molecule has 0 saturated heterocycles. The fourth-order valence-electron chi connectivity index (χ4n) is 4.67. The van der Waals surface area contributed by atoms with Gasteiger partial charge in [0, 0.05) is 12.4 Å². The van der Waals surface area contributed by atoms with Gasteiger partial charge in [-0.3, -0.25) is 4.98 Å². The van der Waals surface area contributed by atoms with Gasteiger partial charge < -0.3 is 0 Å². The first-order valence-electron chi connectivity index (χ1n) is 10.8. The summed E-state index contributed by atoms with van der Waals surface area (Å²) >= 11 is 0. The predicted molar refractivity (Wildman–Crippen MR) is 125 cm³/mol. The highest BCUT2D eigenvalue weighted by atomic mass is 14.6. The van der Waals surface area contributed by atoms with E-state index >= 15 is 0 Å². The Morgan fingerprint density at radius 2 is 1.37 bits per heavy atom. The van der Waals surface area contributed by atoms with E-state index in [0.717, 1.165) is 6.42 Å². The molecule has 0 atom stereocenters. The van der Waals surface area contributed by atoms with Gasteiger partial charge in [0.15, 0.2) is 0 Å². The molecule has 0 unspecified atom stereocenters. The predicted octanol–water partition coefficient (Wildman–Crippen LogP) is 5.31. The summed E-state index contributed by atoms with van der Waals surface area (Å²) < 4.78 is 0. The lowest BCUT2D eigenvalue weighted by Gasteiger charge is -2.21. The summed E-state index contributed by atoms with van der Waals surface area (Å²) in [6.07, 6.45) is 10.6. The second kappa shape index (κ2) is 8.51. The zero-order valence-electron chi connectivity index (χ0n) is 17.1. The van der Waals surface area contributed by atoms with Gasteiger partial charge in [0.25, 0.3) is 0 Å². The average molecular weight is 388 g/mol. The lowest BCUT2D eigenvalue weighted by atomic mass is 9.83. The van der Waals surface area contributed by atoms with Gasteiger partial charge in [0.05, 0.1) is 0 Å². The van der Waals surface area contributed by atoms with E-state index in [1.165, 1.54) is 63.1 Å². The summed E-state index contributed by atoms with van der Waals surface area (Å²) in [5, 5.41) is 2.98. The number of rotatable bonds is 1. The Morgan fingerprint density at radius 1 is 0.600 bits per heavy atom. The van der Waals surface area contributed by atoms with Gasteiger partial charge in [-0.25, -0.2) is 0 Å². The molecule has 146 valence electrons. The molecule has 0 saturated carbocycles. The first kappa shape index (κ1) is 18.6. The highest BCUT2D eigenvalue weighted by Crippen LogP contribution is 2.27. The molecule has 0 bridgehead atoms. The molecule has 0 N–H and O–H groups in total. The molecule has 1 nitrogen and oxygen atoms in total. The minimum Gasteiger partial charge on any atom is -0.265 e. The standard InChI is InChI=1S/C24H20.C5H5N/c1-2-7-17(8-3-1)21-12-6-10-19-14-15-22-20-11-5-4-9-18(20)13-16-23(22)24(19)21;1-2-4-6-5-3-1/h1-5,7-9,11,14-16H,6,10,12-13H2;1-5H. The van der Waals surface area contributed by atoms with Gasteiger partial charge in [0.1, 0.15) is 0 Å². The average Bonchev–Trinajstić information content (AvgIpc) is 2.85. The summed E-state index contributed by atoms with van der Waals surface area (Å²) in [4.78, 5) is 3.78. The van der Waals surface area contributed by atoms with Crippen LogP contribution in [0.3, 0.4) is 0 Å². The minimum absolute atomic E-state index is 1.04. The Hall–Kier alpha value is -3.45. The number of aromatic nitrogens is 1.